The number of hydrogen-bond donors (Lipinski definition) is 4. The van der Waals surface area contributed by atoms with E-state index in [2.05, 4.69) is 103 Å². The van der Waals surface area contributed by atoms with E-state index in [1.165, 1.54) is 89.9 Å². The van der Waals surface area contributed by atoms with Gasteiger partial charge in [-0.15, -0.1) is 0 Å². The zero-order chi connectivity index (χ0) is 50.3. The quantitative estimate of drug-likeness (QED) is 0.0197. The van der Waals surface area contributed by atoms with Gasteiger partial charge in [0.05, 0.1) is 19.8 Å². The summed E-state index contributed by atoms with van der Waals surface area (Å²) in [5.74, 6) is -0.426. The molecule has 0 amide bonds. The Morgan fingerprint density at radius 1 is 0.565 bits per heavy atom. The van der Waals surface area contributed by atoms with Gasteiger partial charge in [-0.25, -0.2) is 4.18 Å². The van der Waals surface area contributed by atoms with Gasteiger partial charge >= 0.3 is 16.4 Å². The molecule has 398 valence electrons. The molecule has 1 heterocycles. The molecule has 0 saturated carbocycles. The van der Waals surface area contributed by atoms with Crippen molar-refractivity contribution in [3.63, 3.8) is 0 Å². The Hall–Kier alpha value is -2.72. The second kappa shape index (κ2) is 46.4. The van der Waals surface area contributed by atoms with Crippen molar-refractivity contribution in [2.45, 2.75) is 237 Å². The number of aliphatic hydroxyl groups excluding tert-OH is 3. The topological polar surface area (TPSA) is 178 Å². The molecule has 1 fully saturated rings. The predicted octanol–water partition coefficient (Wildman–Crippen LogP) is 12.8. The van der Waals surface area contributed by atoms with Crippen LogP contribution in [0.3, 0.4) is 0 Å². The molecule has 4 N–H and O–H groups in total. The zero-order valence-electron chi connectivity index (χ0n) is 42.8. The Labute approximate surface area is 419 Å². The van der Waals surface area contributed by atoms with E-state index >= 15 is 0 Å². The van der Waals surface area contributed by atoms with Crippen molar-refractivity contribution >= 4 is 16.4 Å². The van der Waals surface area contributed by atoms with Crippen LogP contribution < -0.4 is 0 Å². The molecule has 0 aliphatic carbocycles. The molecule has 1 saturated heterocycles. The van der Waals surface area contributed by atoms with Crippen molar-refractivity contribution < 1.29 is 56.2 Å². The maximum atomic E-state index is 12.9. The van der Waals surface area contributed by atoms with Gasteiger partial charge in [0.25, 0.3) is 0 Å². The molecule has 0 aromatic rings. The van der Waals surface area contributed by atoms with E-state index in [0.717, 1.165) is 83.5 Å². The van der Waals surface area contributed by atoms with E-state index in [1.807, 2.05) is 0 Å². The van der Waals surface area contributed by atoms with Crippen LogP contribution in [0, 0.1) is 0 Å². The average Bonchev–Trinajstić information content (AvgIpc) is 3.32. The van der Waals surface area contributed by atoms with Crippen molar-refractivity contribution in [2.24, 2.45) is 0 Å². The predicted molar refractivity (Wildman–Crippen MR) is 280 cm³/mol. The molecule has 1 aliphatic heterocycles. The van der Waals surface area contributed by atoms with E-state index in [0.29, 0.717) is 13.0 Å². The Balaban J connectivity index is 2.38. The van der Waals surface area contributed by atoms with Crippen LogP contribution in [-0.4, -0.2) is 97.5 Å². The molecule has 0 aromatic carbocycles. The van der Waals surface area contributed by atoms with Gasteiger partial charge in [0, 0.05) is 13.0 Å². The highest BCUT2D eigenvalue weighted by atomic mass is 32.3. The average molecular weight is 993 g/mol. The minimum absolute atomic E-state index is 0.0189. The zero-order valence-corrected chi connectivity index (χ0v) is 43.7. The van der Waals surface area contributed by atoms with Crippen LogP contribution in [0.1, 0.15) is 200 Å². The van der Waals surface area contributed by atoms with Gasteiger partial charge in [0.2, 0.25) is 0 Å². The second-order valence-electron chi connectivity index (χ2n) is 18.1. The summed E-state index contributed by atoms with van der Waals surface area (Å²) in [4.78, 5) is 12.9. The third-order valence-electron chi connectivity index (χ3n) is 11.8. The Morgan fingerprint density at radius 2 is 1.00 bits per heavy atom. The molecule has 69 heavy (non-hydrogen) atoms. The number of ether oxygens (including phenoxy) is 4. The third-order valence-corrected chi connectivity index (χ3v) is 12.2. The number of allylic oxidation sites excluding steroid dienone is 14. The SMILES string of the molecule is CC/C=C\C/C=C\C/C=C\C/C=C\C/C=C\C/C=C\CCCCCCC(=O)OC(COCCCCCCCCCC/C=C\CCCCCCCCC)COC1OC(CO)C(O)C(OS(=O)(=O)O)C1O. The fourth-order valence-electron chi connectivity index (χ4n) is 7.73. The summed E-state index contributed by atoms with van der Waals surface area (Å²) >= 11 is 0. The van der Waals surface area contributed by atoms with Gasteiger partial charge in [0.15, 0.2) is 6.29 Å². The van der Waals surface area contributed by atoms with Crippen LogP contribution in [0.25, 0.3) is 0 Å². The van der Waals surface area contributed by atoms with E-state index in [1.54, 1.807) is 0 Å². The first-order valence-corrected chi connectivity index (χ1v) is 28.2. The molecular formula is C56H96O12S. The van der Waals surface area contributed by atoms with Gasteiger partial charge in [-0.2, -0.15) is 8.42 Å². The number of hydrogen-bond acceptors (Lipinski definition) is 11. The Kier molecular flexibility index (Phi) is 43.2. The van der Waals surface area contributed by atoms with Gasteiger partial charge in [0.1, 0.15) is 30.5 Å². The highest BCUT2D eigenvalue weighted by molar-refractivity contribution is 7.80. The molecule has 0 aromatic heterocycles. The monoisotopic (exact) mass is 993 g/mol. The molecule has 0 radical (unpaired) electrons. The van der Waals surface area contributed by atoms with Crippen LogP contribution in [0.5, 0.6) is 0 Å². The standard InChI is InChI=1S/C56H96O12S/c1-3-5-7-9-11-13-15-17-19-21-23-24-25-26-27-29-31-33-35-37-39-41-43-45-52(58)66-50(49-65-56-54(60)55(68-69(61,62)63)53(59)51(47-57)67-56)48-64-46-44-42-40-38-36-34-32-30-28-22-20-18-16-14-12-10-8-6-4-2/h5,7,11,13,17,19-20,22-24,26-27,31,33,50-51,53-57,59-60H,3-4,6,8-10,12,14-16,18,21,25,28-30,32,34-49H2,1-2H3,(H,61,62,63)/b7-5-,13-11-,19-17-,22-20-,24-23-,27-26-,33-31-. The van der Waals surface area contributed by atoms with Gasteiger partial charge < -0.3 is 34.3 Å². The van der Waals surface area contributed by atoms with Crippen molar-refractivity contribution in [2.75, 3.05) is 26.4 Å². The lowest BCUT2D eigenvalue weighted by Gasteiger charge is -2.41. The van der Waals surface area contributed by atoms with Crippen molar-refractivity contribution in [3.8, 4) is 0 Å². The number of carbonyl (C=O) groups is 1. The maximum absolute atomic E-state index is 12.9. The smallest absolute Gasteiger partial charge is 0.397 e. The molecule has 1 rings (SSSR count). The minimum Gasteiger partial charge on any atom is -0.457 e. The van der Waals surface area contributed by atoms with Crippen LogP contribution in [0.2, 0.25) is 0 Å². The first-order valence-electron chi connectivity index (χ1n) is 26.8. The third kappa shape index (κ3) is 39.6. The molecule has 6 atom stereocenters. The van der Waals surface area contributed by atoms with E-state index < -0.39 is 59.8 Å². The van der Waals surface area contributed by atoms with E-state index in [9.17, 15) is 33.1 Å². The van der Waals surface area contributed by atoms with E-state index in [-0.39, 0.29) is 19.6 Å². The van der Waals surface area contributed by atoms with Crippen LogP contribution >= 0.6 is 0 Å². The fraction of sp³-hybridized carbons (Fsp3) is 0.732. The molecule has 13 heteroatoms. The minimum atomic E-state index is -5.07. The second-order valence-corrected chi connectivity index (χ2v) is 19.1. The molecular weight excluding hydrogens is 897 g/mol. The lowest BCUT2D eigenvalue weighted by molar-refractivity contribution is -0.301. The summed E-state index contributed by atoms with van der Waals surface area (Å²) < 4.78 is 59.3. The van der Waals surface area contributed by atoms with Crippen LogP contribution in [-0.2, 0) is 38.3 Å². The summed E-state index contributed by atoms with van der Waals surface area (Å²) in [6.07, 6.45) is 53.2. The number of rotatable bonds is 46. The lowest BCUT2D eigenvalue weighted by atomic mass is 9.99. The molecule has 1 aliphatic rings. The molecule has 0 bridgehead atoms. The van der Waals surface area contributed by atoms with Gasteiger partial charge in [-0.3, -0.25) is 9.35 Å². The maximum Gasteiger partial charge on any atom is 0.397 e. The highest BCUT2D eigenvalue weighted by Gasteiger charge is 2.48. The van der Waals surface area contributed by atoms with Crippen LogP contribution in [0.4, 0.5) is 0 Å². The first kappa shape index (κ1) is 64.3. The summed E-state index contributed by atoms with van der Waals surface area (Å²) in [6, 6.07) is 0. The lowest BCUT2D eigenvalue weighted by Crippen LogP contribution is -2.60. The molecule has 0 spiro atoms. The Bertz CT molecular complexity index is 1520. The van der Waals surface area contributed by atoms with Crippen molar-refractivity contribution in [1.82, 2.24) is 0 Å². The van der Waals surface area contributed by atoms with Crippen molar-refractivity contribution in [1.29, 1.82) is 0 Å². The van der Waals surface area contributed by atoms with Gasteiger partial charge in [-0.05, 0) is 89.9 Å². The highest BCUT2D eigenvalue weighted by Crippen LogP contribution is 2.26. The van der Waals surface area contributed by atoms with E-state index in [4.69, 9.17) is 18.9 Å². The molecule has 12 nitrogen and oxygen atoms in total. The largest absolute Gasteiger partial charge is 0.457 e. The summed E-state index contributed by atoms with van der Waals surface area (Å²) in [5, 5.41) is 30.8. The van der Waals surface area contributed by atoms with Crippen LogP contribution in [0.15, 0.2) is 85.1 Å². The number of esters is 1. The number of carbonyl (C=O) groups excluding carboxylic acids is 1. The number of aliphatic hydroxyl groups is 3. The molecule has 6 unspecified atom stereocenters. The van der Waals surface area contributed by atoms with Gasteiger partial charge in [-0.1, -0.05) is 189 Å². The Morgan fingerprint density at radius 3 is 1.48 bits per heavy atom. The normalized spacial score (nSPS) is 19.9. The summed E-state index contributed by atoms with van der Waals surface area (Å²) in [6.45, 7) is 3.84. The summed E-state index contributed by atoms with van der Waals surface area (Å²) in [5.41, 5.74) is 0. The summed E-state index contributed by atoms with van der Waals surface area (Å²) in [7, 11) is -5.07. The first-order chi connectivity index (χ1) is 33.6. The number of unbranched alkanes of at least 4 members (excludes halogenated alkanes) is 19. The fourth-order valence-corrected chi connectivity index (χ4v) is 8.24. The van der Waals surface area contributed by atoms with Crippen molar-refractivity contribution in [3.05, 3.63) is 85.1 Å².